The Hall–Kier alpha value is -0.340. The zero-order chi connectivity index (χ0) is 13.9. The van der Waals surface area contributed by atoms with E-state index in [0.29, 0.717) is 12.8 Å². The molecule has 0 saturated heterocycles. The minimum absolute atomic E-state index is 0.110. The van der Waals surface area contributed by atoms with Crippen LogP contribution >= 0.6 is 0 Å². The molecular weight excluding hydrogens is 271 g/mol. The molecule has 0 bridgehead atoms. The van der Waals surface area contributed by atoms with Gasteiger partial charge in [0.1, 0.15) is 0 Å². The van der Waals surface area contributed by atoms with Crippen LogP contribution in [-0.2, 0) is 10.0 Å². The summed E-state index contributed by atoms with van der Waals surface area (Å²) in [6.45, 7) is -0.110. The first kappa shape index (κ1) is 15.7. The average molecular weight is 289 g/mol. The Bertz CT molecular complexity index is 361. The number of nitrogens with one attached hydrogen (secondary N) is 1. The molecule has 0 radical (unpaired) electrons. The van der Waals surface area contributed by atoms with Crippen LogP contribution in [0.15, 0.2) is 0 Å². The van der Waals surface area contributed by atoms with Crippen molar-refractivity contribution in [3.8, 4) is 0 Å². The highest BCUT2D eigenvalue weighted by molar-refractivity contribution is 7.89. The van der Waals surface area contributed by atoms with Crippen molar-refractivity contribution in [2.45, 2.75) is 50.3 Å². The molecule has 2 N–H and O–H groups in total. The third-order valence-electron chi connectivity index (χ3n) is 3.03. The molecule has 18 heavy (non-hydrogen) atoms. The SMILES string of the molecule is O=S(=O)(CCCC(F)(F)F)NCC1(O)CCCC1. The highest BCUT2D eigenvalue weighted by Gasteiger charge is 2.32. The van der Waals surface area contributed by atoms with E-state index in [4.69, 9.17) is 0 Å². The minimum atomic E-state index is -4.33. The van der Waals surface area contributed by atoms with Gasteiger partial charge >= 0.3 is 6.18 Å². The molecular formula is C10H18F3NO3S. The smallest absolute Gasteiger partial charge is 0.389 e. The topological polar surface area (TPSA) is 66.4 Å². The summed E-state index contributed by atoms with van der Waals surface area (Å²) in [6, 6.07) is 0. The molecule has 0 aliphatic heterocycles. The molecule has 1 aliphatic rings. The highest BCUT2D eigenvalue weighted by Crippen LogP contribution is 2.28. The first-order valence-corrected chi connectivity index (χ1v) is 7.54. The molecule has 0 unspecified atom stereocenters. The van der Waals surface area contributed by atoms with E-state index < -0.39 is 40.4 Å². The minimum Gasteiger partial charge on any atom is -0.389 e. The number of halogens is 3. The molecule has 4 nitrogen and oxygen atoms in total. The lowest BCUT2D eigenvalue weighted by atomic mass is 10.0. The molecule has 1 fully saturated rings. The van der Waals surface area contributed by atoms with Crippen molar-refractivity contribution in [2.75, 3.05) is 12.3 Å². The van der Waals surface area contributed by atoms with Crippen LogP contribution in [0.3, 0.4) is 0 Å². The molecule has 0 spiro atoms. The summed E-state index contributed by atoms with van der Waals surface area (Å²) >= 11 is 0. The highest BCUT2D eigenvalue weighted by atomic mass is 32.2. The number of aliphatic hydroxyl groups is 1. The van der Waals surface area contributed by atoms with Crippen molar-refractivity contribution in [2.24, 2.45) is 0 Å². The van der Waals surface area contributed by atoms with E-state index in [2.05, 4.69) is 4.72 Å². The Kier molecular flexibility index (Phi) is 5.02. The molecule has 8 heteroatoms. The first-order chi connectivity index (χ1) is 8.12. The Labute approximate surface area is 105 Å². The lowest BCUT2D eigenvalue weighted by molar-refractivity contribution is -0.134. The number of rotatable bonds is 6. The normalized spacial score (nSPS) is 20.2. The van der Waals surface area contributed by atoms with Crippen LogP contribution in [0.25, 0.3) is 0 Å². The number of sulfonamides is 1. The van der Waals surface area contributed by atoms with Gasteiger partial charge in [0, 0.05) is 13.0 Å². The standard InChI is InChI=1S/C10H18F3NO3S/c11-10(12,13)6-3-7-18(16,17)14-8-9(15)4-1-2-5-9/h14-15H,1-8H2. The summed E-state index contributed by atoms with van der Waals surface area (Å²) in [7, 11) is -3.74. The fraction of sp³-hybridized carbons (Fsp3) is 1.00. The van der Waals surface area contributed by atoms with E-state index in [1.165, 1.54) is 0 Å². The maximum absolute atomic E-state index is 11.9. The largest absolute Gasteiger partial charge is 0.389 e. The predicted octanol–water partition coefficient (Wildman–Crippen LogP) is 1.55. The quantitative estimate of drug-likeness (QED) is 0.779. The number of alkyl halides is 3. The van der Waals surface area contributed by atoms with Crippen molar-refractivity contribution in [1.29, 1.82) is 0 Å². The van der Waals surface area contributed by atoms with Gasteiger partial charge in [-0.3, -0.25) is 0 Å². The molecule has 0 atom stereocenters. The molecule has 108 valence electrons. The van der Waals surface area contributed by atoms with E-state index in [-0.39, 0.29) is 6.54 Å². The second kappa shape index (κ2) is 5.75. The molecule has 0 aromatic rings. The lowest BCUT2D eigenvalue weighted by Gasteiger charge is -2.22. The van der Waals surface area contributed by atoms with E-state index in [9.17, 15) is 26.7 Å². The van der Waals surface area contributed by atoms with Gasteiger partial charge in [-0.15, -0.1) is 0 Å². The van der Waals surface area contributed by atoms with Crippen LogP contribution in [0, 0.1) is 0 Å². The van der Waals surface area contributed by atoms with Crippen molar-refractivity contribution in [3.05, 3.63) is 0 Å². The van der Waals surface area contributed by atoms with Crippen molar-refractivity contribution in [3.63, 3.8) is 0 Å². The van der Waals surface area contributed by atoms with E-state index >= 15 is 0 Å². The average Bonchev–Trinajstić information content (AvgIpc) is 2.61. The third-order valence-corrected chi connectivity index (χ3v) is 4.44. The second-order valence-corrected chi connectivity index (χ2v) is 6.72. The molecule has 0 aromatic heterocycles. The van der Waals surface area contributed by atoms with Gasteiger partial charge in [-0.1, -0.05) is 12.8 Å². The molecule has 0 heterocycles. The first-order valence-electron chi connectivity index (χ1n) is 5.88. The summed E-state index contributed by atoms with van der Waals surface area (Å²) in [5.41, 5.74) is -1.03. The van der Waals surface area contributed by atoms with Crippen LogP contribution in [0.2, 0.25) is 0 Å². The molecule has 0 aromatic carbocycles. The van der Waals surface area contributed by atoms with E-state index in [1.807, 2.05) is 0 Å². The maximum Gasteiger partial charge on any atom is 0.389 e. The summed E-state index contributed by atoms with van der Waals surface area (Å²) < 4.78 is 60.6. The predicted molar refractivity (Wildman–Crippen MR) is 60.5 cm³/mol. The number of hydrogen-bond acceptors (Lipinski definition) is 3. The van der Waals surface area contributed by atoms with Gasteiger partial charge in [0.05, 0.1) is 11.4 Å². The van der Waals surface area contributed by atoms with Gasteiger partial charge in [0.15, 0.2) is 0 Å². The lowest BCUT2D eigenvalue weighted by Crippen LogP contribution is -2.41. The van der Waals surface area contributed by atoms with Crippen molar-refractivity contribution in [1.82, 2.24) is 4.72 Å². The molecule has 1 rings (SSSR count). The monoisotopic (exact) mass is 289 g/mol. The van der Waals surface area contributed by atoms with Gasteiger partial charge in [-0.2, -0.15) is 13.2 Å². The summed E-state index contributed by atoms with van der Waals surface area (Å²) in [6.07, 6.45) is -3.18. The van der Waals surface area contributed by atoms with Gasteiger partial charge in [-0.25, -0.2) is 13.1 Å². The fourth-order valence-electron chi connectivity index (χ4n) is 1.99. The second-order valence-electron chi connectivity index (χ2n) is 4.79. The van der Waals surface area contributed by atoms with Crippen molar-refractivity contribution < 1.29 is 26.7 Å². The van der Waals surface area contributed by atoms with Gasteiger partial charge in [-0.05, 0) is 19.3 Å². The number of hydrogen-bond donors (Lipinski definition) is 2. The van der Waals surface area contributed by atoms with Crippen LogP contribution in [0.1, 0.15) is 38.5 Å². The summed E-state index contributed by atoms with van der Waals surface area (Å²) in [5, 5.41) is 9.90. The fourth-order valence-corrected chi connectivity index (χ4v) is 3.15. The van der Waals surface area contributed by atoms with Gasteiger partial charge < -0.3 is 5.11 Å². The van der Waals surface area contributed by atoms with E-state index in [0.717, 1.165) is 12.8 Å². The zero-order valence-electron chi connectivity index (χ0n) is 9.96. The third kappa shape index (κ3) is 6.01. The van der Waals surface area contributed by atoms with Crippen molar-refractivity contribution >= 4 is 10.0 Å². The van der Waals surface area contributed by atoms with Gasteiger partial charge in [0.2, 0.25) is 10.0 Å². The Morgan fingerprint density at radius 1 is 1.22 bits per heavy atom. The van der Waals surface area contributed by atoms with Crippen LogP contribution < -0.4 is 4.72 Å². The molecule has 0 amide bonds. The van der Waals surface area contributed by atoms with Crippen LogP contribution in [0.4, 0.5) is 13.2 Å². The van der Waals surface area contributed by atoms with E-state index in [1.54, 1.807) is 0 Å². The zero-order valence-corrected chi connectivity index (χ0v) is 10.8. The Balaban J connectivity index is 2.31. The van der Waals surface area contributed by atoms with Crippen LogP contribution in [-0.4, -0.2) is 37.6 Å². The molecule has 1 aliphatic carbocycles. The Morgan fingerprint density at radius 3 is 2.28 bits per heavy atom. The summed E-state index contributed by atoms with van der Waals surface area (Å²) in [5.74, 6) is -0.567. The summed E-state index contributed by atoms with van der Waals surface area (Å²) in [4.78, 5) is 0. The maximum atomic E-state index is 11.9. The van der Waals surface area contributed by atoms with Crippen LogP contribution in [0.5, 0.6) is 0 Å². The molecule has 1 saturated carbocycles. The van der Waals surface area contributed by atoms with Gasteiger partial charge in [0.25, 0.3) is 0 Å². The Morgan fingerprint density at radius 2 is 1.78 bits per heavy atom.